The number of carbonyl (C=O) groups is 2. The number of aliphatic hydroxyl groups excluding tert-OH is 1. The zero-order valence-corrected chi connectivity index (χ0v) is 18.4. The first-order valence-corrected chi connectivity index (χ1v) is 10.3. The van der Waals surface area contributed by atoms with Crippen LogP contribution in [0.15, 0.2) is 18.2 Å². The van der Waals surface area contributed by atoms with Gasteiger partial charge in [-0.2, -0.15) is 9.78 Å². The van der Waals surface area contributed by atoms with Gasteiger partial charge in [-0.25, -0.2) is 9.18 Å². The highest BCUT2D eigenvalue weighted by molar-refractivity contribution is 6.30. The molecule has 1 aromatic carbocycles. The molecule has 0 saturated carbocycles. The Balaban J connectivity index is 1.97. The summed E-state index contributed by atoms with van der Waals surface area (Å²) in [7, 11) is 0. The first-order chi connectivity index (χ1) is 14.6. The second-order valence-corrected chi connectivity index (χ2v) is 8.81. The lowest BCUT2D eigenvalue weighted by molar-refractivity contribution is -0.125. The summed E-state index contributed by atoms with van der Waals surface area (Å²) in [4.78, 5) is 25.7. The van der Waals surface area contributed by atoms with Gasteiger partial charge in [-0.15, -0.1) is 0 Å². The number of benzene rings is 1. The summed E-state index contributed by atoms with van der Waals surface area (Å²) in [6.07, 6.45) is 0.472. The summed E-state index contributed by atoms with van der Waals surface area (Å²) in [6, 6.07) is 2.78. The molecule has 0 radical (unpaired) electrons. The van der Waals surface area contributed by atoms with Crippen molar-refractivity contribution >= 4 is 23.5 Å². The van der Waals surface area contributed by atoms with Crippen molar-refractivity contribution in [3.63, 3.8) is 0 Å². The molecule has 3 rings (SSSR count). The van der Waals surface area contributed by atoms with Crippen molar-refractivity contribution in [2.24, 2.45) is 5.41 Å². The van der Waals surface area contributed by atoms with Gasteiger partial charge in [0.25, 0.3) is 0 Å². The third-order valence-corrected chi connectivity index (χ3v) is 5.25. The molecule has 1 aromatic heterocycles. The number of nitrogens with zero attached hydrogens (tertiary/aromatic N) is 2. The predicted molar refractivity (Wildman–Crippen MR) is 113 cm³/mol. The molecule has 0 aliphatic carbocycles. The normalized spacial score (nSPS) is 14.6. The third-order valence-electron chi connectivity index (χ3n) is 5.01. The van der Waals surface area contributed by atoms with E-state index in [1.807, 2.05) is 20.8 Å². The highest BCUT2D eigenvalue weighted by Gasteiger charge is 2.34. The van der Waals surface area contributed by atoms with Crippen molar-refractivity contribution < 1.29 is 23.8 Å². The molecule has 2 heterocycles. The second-order valence-electron chi connectivity index (χ2n) is 8.38. The Morgan fingerprint density at radius 1 is 1.39 bits per heavy atom. The molecule has 168 valence electrons. The monoisotopic (exact) mass is 452 g/mol. The lowest BCUT2D eigenvalue weighted by atomic mass is 9.86. The molecule has 1 aliphatic heterocycles. The van der Waals surface area contributed by atoms with Crippen LogP contribution in [0.2, 0.25) is 5.02 Å². The van der Waals surface area contributed by atoms with Crippen molar-refractivity contribution in [3.05, 3.63) is 40.3 Å². The van der Waals surface area contributed by atoms with Crippen LogP contribution in [0.4, 0.5) is 9.18 Å². The van der Waals surface area contributed by atoms with Crippen LogP contribution >= 0.6 is 11.6 Å². The van der Waals surface area contributed by atoms with E-state index in [0.717, 1.165) is 10.2 Å². The molecule has 10 heteroatoms. The van der Waals surface area contributed by atoms with Gasteiger partial charge < -0.3 is 20.5 Å². The van der Waals surface area contributed by atoms with Gasteiger partial charge in [-0.3, -0.25) is 4.79 Å². The van der Waals surface area contributed by atoms with Gasteiger partial charge in [0, 0.05) is 22.7 Å². The van der Waals surface area contributed by atoms with E-state index in [9.17, 15) is 14.0 Å². The average Bonchev–Trinajstić information content (AvgIpc) is 3.09. The van der Waals surface area contributed by atoms with Gasteiger partial charge in [0.15, 0.2) is 0 Å². The zero-order chi connectivity index (χ0) is 22.8. The number of carbonyl (C=O) groups excluding carboxylic acids is 2. The van der Waals surface area contributed by atoms with Gasteiger partial charge in [0.2, 0.25) is 5.91 Å². The molecule has 0 bridgehead atoms. The Kier molecular flexibility index (Phi) is 6.98. The molecule has 0 unspecified atom stereocenters. The van der Waals surface area contributed by atoms with E-state index in [1.165, 1.54) is 12.1 Å². The van der Waals surface area contributed by atoms with E-state index < -0.39 is 29.2 Å². The average molecular weight is 453 g/mol. The number of halogens is 2. The highest BCUT2D eigenvalue weighted by Crippen LogP contribution is 2.32. The minimum atomic E-state index is -0.883. The lowest BCUT2D eigenvalue weighted by Gasteiger charge is -2.30. The number of nitrogens with one attached hydrogen (secondary N) is 2. The van der Waals surface area contributed by atoms with E-state index in [4.69, 9.17) is 21.4 Å². The maximum absolute atomic E-state index is 14.6. The Bertz CT molecular complexity index is 986. The Morgan fingerprint density at radius 3 is 2.77 bits per heavy atom. The minimum absolute atomic E-state index is 0.0757. The summed E-state index contributed by atoms with van der Waals surface area (Å²) >= 11 is 5.87. The maximum Gasteiger partial charge on any atom is 0.343 e. The highest BCUT2D eigenvalue weighted by atomic mass is 35.5. The fourth-order valence-electron chi connectivity index (χ4n) is 3.45. The number of fused-ring (bicyclic) bond motifs is 1. The first kappa shape index (κ1) is 23.2. The van der Waals surface area contributed by atoms with Crippen LogP contribution in [0.5, 0.6) is 0 Å². The van der Waals surface area contributed by atoms with Crippen LogP contribution in [0.1, 0.15) is 32.0 Å². The first-order valence-electron chi connectivity index (χ1n) is 9.97. The van der Waals surface area contributed by atoms with Gasteiger partial charge in [-0.05, 0) is 30.0 Å². The van der Waals surface area contributed by atoms with Crippen molar-refractivity contribution in [1.82, 2.24) is 20.4 Å². The Labute approximate surface area is 184 Å². The number of hydrogen-bond donors (Lipinski definition) is 3. The summed E-state index contributed by atoms with van der Waals surface area (Å²) in [5.74, 6) is -0.959. The summed E-state index contributed by atoms with van der Waals surface area (Å²) in [5.41, 5.74) is 1.21. The van der Waals surface area contributed by atoms with E-state index in [-0.39, 0.29) is 30.3 Å². The van der Waals surface area contributed by atoms with Gasteiger partial charge in [-0.1, -0.05) is 32.4 Å². The molecule has 1 atom stereocenters. The molecule has 0 fully saturated rings. The number of rotatable bonds is 5. The van der Waals surface area contributed by atoms with Crippen LogP contribution in [0.25, 0.3) is 11.3 Å². The number of amides is 2. The topological polar surface area (TPSA) is 105 Å². The van der Waals surface area contributed by atoms with Gasteiger partial charge in [0.05, 0.1) is 31.2 Å². The van der Waals surface area contributed by atoms with E-state index in [2.05, 4.69) is 15.7 Å². The summed E-state index contributed by atoms with van der Waals surface area (Å²) in [5, 5.41) is 18.9. The number of aromatic nitrogens is 2. The Morgan fingerprint density at radius 2 is 2.13 bits per heavy atom. The summed E-state index contributed by atoms with van der Waals surface area (Å²) < 4.78 is 21.2. The van der Waals surface area contributed by atoms with E-state index in [0.29, 0.717) is 24.4 Å². The largest absolute Gasteiger partial charge is 0.395 e. The predicted octanol–water partition coefficient (Wildman–Crippen LogP) is 2.50. The van der Waals surface area contributed by atoms with Crippen molar-refractivity contribution in [1.29, 1.82) is 0 Å². The fraction of sp³-hybridized carbons (Fsp3) is 0.476. The second kappa shape index (κ2) is 9.33. The van der Waals surface area contributed by atoms with E-state index in [1.54, 1.807) is 6.07 Å². The van der Waals surface area contributed by atoms with Gasteiger partial charge in [0.1, 0.15) is 11.9 Å². The van der Waals surface area contributed by atoms with Crippen LogP contribution in [-0.4, -0.2) is 52.6 Å². The molecule has 2 aromatic rings. The lowest BCUT2D eigenvalue weighted by Crippen LogP contribution is -2.55. The fourth-order valence-corrected chi connectivity index (χ4v) is 3.61. The molecular weight excluding hydrogens is 427 g/mol. The van der Waals surface area contributed by atoms with Crippen LogP contribution < -0.4 is 10.6 Å². The molecule has 1 aliphatic rings. The van der Waals surface area contributed by atoms with Gasteiger partial charge >= 0.3 is 6.03 Å². The molecule has 0 spiro atoms. The Hall–Kier alpha value is -2.49. The maximum atomic E-state index is 14.6. The third kappa shape index (κ3) is 5.06. The molecule has 8 nitrogen and oxygen atoms in total. The number of ether oxygens (including phenoxy) is 1. The van der Waals surface area contributed by atoms with Crippen molar-refractivity contribution in [2.75, 3.05) is 19.8 Å². The molecule has 2 amide bonds. The van der Waals surface area contributed by atoms with Crippen LogP contribution in [-0.2, 0) is 22.6 Å². The van der Waals surface area contributed by atoms with Crippen molar-refractivity contribution in [3.8, 4) is 11.3 Å². The smallest absolute Gasteiger partial charge is 0.343 e. The SMILES string of the molecule is CC(C)(C)[C@H](NC(=O)n1nc(-c2ccc(Cl)cc2F)c2c1COCC2)C(=O)NCCO. The van der Waals surface area contributed by atoms with Crippen molar-refractivity contribution in [2.45, 2.75) is 39.8 Å². The molecule has 3 N–H and O–H groups in total. The quantitative estimate of drug-likeness (QED) is 0.646. The van der Waals surface area contributed by atoms with Crippen LogP contribution in [0.3, 0.4) is 0 Å². The molecule has 31 heavy (non-hydrogen) atoms. The number of hydrogen-bond acceptors (Lipinski definition) is 5. The molecule has 0 saturated heterocycles. The zero-order valence-electron chi connectivity index (χ0n) is 17.7. The standard InChI is InChI=1S/C21H26ClFN4O4/c1-21(2,3)18(19(29)24-7-8-28)25-20(30)27-16-11-31-9-6-14(16)17(26-27)13-5-4-12(22)10-15(13)23/h4-5,10,18,28H,6-9,11H2,1-3H3,(H,24,29)(H,25,30)/t18-/m1/s1. The number of aliphatic hydroxyl groups is 1. The van der Waals surface area contributed by atoms with Crippen LogP contribution in [0, 0.1) is 11.2 Å². The van der Waals surface area contributed by atoms with E-state index >= 15 is 0 Å². The minimum Gasteiger partial charge on any atom is -0.395 e. The summed E-state index contributed by atoms with van der Waals surface area (Å²) in [6.45, 7) is 5.87. The molecular formula is C21H26ClFN4O4.